The molecule has 7 nitrogen and oxygen atoms in total. The smallest absolute Gasteiger partial charge is 0.329 e. The molecule has 0 aliphatic heterocycles. The Balaban J connectivity index is 2.40. The molecule has 0 saturated carbocycles. The Morgan fingerprint density at radius 1 is 1.48 bits per heavy atom. The van der Waals surface area contributed by atoms with Gasteiger partial charge in [0.15, 0.2) is 0 Å². The van der Waals surface area contributed by atoms with Crippen LogP contribution >= 0.6 is 11.6 Å². The Bertz CT molecular complexity index is 683. The van der Waals surface area contributed by atoms with Gasteiger partial charge in [-0.15, -0.1) is 0 Å². The van der Waals surface area contributed by atoms with Crippen LogP contribution in [-0.2, 0) is 0 Å². The maximum absolute atomic E-state index is 13.7. The molecule has 2 aromatic rings. The zero-order valence-corrected chi connectivity index (χ0v) is 11.7. The molecule has 0 unspecified atom stereocenters. The second kappa shape index (κ2) is 6.31. The Hall–Kier alpha value is -2.48. The molecule has 0 aliphatic carbocycles. The minimum absolute atomic E-state index is 0.0312. The highest BCUT2D eigenvalue weighted by atomic mass is 35.5. The van der Waals surface area contributed by atoms with E-state index in [2.05, 4.69) is 20.6 Å². The van der Waals surface area contributed by atoms with Gasteiger partial charge < -0.3 is 10.6 Å². The SMILES string of the molecule is CCNc1ncc([N+](=O)[O-])c(Nc2ccc(Cl)cc2F)n1. The van der Waals surface area contributed by atoms with Gasteiger partial charge in [0.1, 0.15) is 12.0 Å². The van der Waals surface area contributed by atoms with E-state index in [0.717, 1.165) is 12.3 Å². The van der Waals surface area contributed by atoms with Crippen LogP contribution in [0, 0.1) is 15.9 Å². The summed E-state index contributed by atoms with van der Waals surface area (Å²) in [7, 11) is 0. The van der Waals surface area contributed by atoms with Crippen LogP contribution in [0.15, 0.2) is 24.4 Å². The lowest BCUT2D eigenvalue weighted by atomic mass is 10.3. The third-order valence-corrected chi connectivity index (χ3v) is 2.72. The Morgan fingerprint density at radius 3 is 2.86 bits per heavy atom. The molecule has 2 N–H and O–H groups in total. The van der Waals surface area contributed by atoms with Gasteiger partial charge in [-0.05, 0) is 25.1 Å². The van der Waals surface area contributed by atoms with Crippen LogP contribution in [0.25, 0.3) is 0 Å². The maximum Gasteiger partial charge on any atom is 0.329 e. The molecule has 0 spiro atoms. The quantitative estimate of drug-likeness (QED) is 0.649. The van der Waals surface area contributed by atoms with E-state index in [0.29, 0.717) is 6.54 Å². The van der Waals surface area contributed by atoms with Crippen LogP contribution in [-0.4, -0.2) is 21.4 Å². The fraction of sp³-hybridized carbons (Fsp3) is 0.167. The minimum atomic E-state index is -0.647. The highest BCUT2D eigenvalue weighted by molar-refractivity contribution is 6.30. The summed E-state index contributed by atoms with van der Waals surface area (Å²) in [6.07, 6.45) is 1.06. The topological polar surface area (TPSA) is 93.0 Å². The van der Waals surface area contributed by atoms with Gasteiger partial charge in [0.2, 0.25) is 11.8 Å². The van der Waals surface area contributed by atoms with Crippen molar-refractivity contribution in [3.63, 3.8) is 0 Å². The van der Waals surface area contributed by atoms with Crippen molar-refractivity contribution in [3.8, 4) is 0 Å². The summed E-state index contributed by atoms with van der Waals surface area (Å²) in [4.78, 5) is 18.1. The van der Waals surface area contributed by atoms with E-state index in [9.17, 15) is 14.5 Å². The molecule has 0 fully saturated rings. The van der Waals surface area contributed by atoms with E-state index in [1.807, 2.05) is 6.92 Å². The van der Waals surface area contributed by atoms with E-state index in [4.69, 9.17) is 11.6 Å². The normalized spacial score (nSPS) is 10.2. The van der Waals surface area contributed by atoms with E-state index in [-0.39, 0.29) is 28.2 Å². The molecule has 0 atom stereocenters. The zero-order valence-electron chi connectivity index (χ0n) is 10.9. The maximum atomic E-state index is 13.7. The first-order valence-electron chi connectivity index (χ1n) is 5.98. The molecule has 0 aliphatic rings. The fourth-order valence-corrected chi connectivity index (χ4v) is 1.72. The molecule has 0 saturated heterocycles. The van der Waals surface area contributed by atoms with Gasteiger partial charge in [0.05, 0.1) is 10.6 Å². The standard InChI is InChI=1S/C12H11ClFN5O2/c1-2-15-12-16-6-10(19(20)21)11(18-12)17-9-4-3-7(13)5-8(9)14/h3-6H,2H2,1H3,(H2,15,16,17,18). The largest absolute Gasteiger partial charge is 0.354 e. The molecular weight excluding hydrogens is 301 g/mol. The minimum Gasteiger partial charge on any atom is -0.354 e. The van der Waals surface area contributed by atoms with Crippen molar-refractivity contribution in [2.75, 3.05) is 17.2 Å². The van der Waals surface area contributed by atoms with Gasteiger partial charge in [-0.3, -0.25) is 10.1 Å². The van der Waals surface area contributed by atoms with Crippen LogP contribution in [0.5, 0.6) is 0 Å². The molecule has 0 bridgehead atoms. The van der Waals surface area contributed by atoms with Gasteiger partial charge in [-0.2, -0.15) is 4.98 Å². The van der Waals surface area contributed by atoms with Crippen molar-refractivity contribution < 1.29 is 9.31 Å². The predicted octanol–water partition coefficient (Wildman–Crippen LogP) is 3.35. The lowest BCUT2D eigenvalue weighted by molar-refractivity contribution is -0.384. The van der Waals surface area contributed by atoms with Gasteiger partial charge in [0.25, 0.3) is 0 Å². The van der Waals surface area contributed by atoms with Gasteiger partial charge in [0, 0.05) is 11.6 Å². The second-order valence-corrected chi connectivity index (χ2v) is 4.40. The van der Waals surface area contributed by atoms with Crippen LogP contribution < -0.4 is 10.6 Å². The molecule has 9 heteroatoms. The number of hydrogen-bond donors (Lipinski definition) is 2. The fourth-order valence-electron chi connectivity index (χ4n) is 1.56. The van der Waals surface area contributed by atoms with Gasteiger partial charge in [-0.25, -0.2) is 9.37 Å². The summed E-state index contributed by atoms with van der Waals surface area (Å²) in [5.74, 6) is -0.535. The van der Waals surface area contributed by atoms with Crippen LogP contribution in [0.4, 0.5) is 27.5 Å². The molecule has 21 heavy (non-hydrogen) atoms. The van der Waals surface area contributed by atoms with Crippen molar-refractivity contribution >= 4 is 34.7 Å². The highest BCUT2D eigenvalue weighted by Crippen LogP contribution is 2.28. The lowest BCUT2D eigenvalue weighted by Gasteiger charge is -2.09. The van der Waals surface area contributed by atoms with Crippen molar-refractivity contribution in [1.29, 1.82) is 0 Å². The number of anilines is 3. The molecule has 1 heterocycles. The average molecular weight is 312 g/mol. The molecule has 110 valence electrons. The number of nitrogens with one attached hydrogen (secondary N) is 2. The monoisotopic (exact) mass is 311 g/mol. The summed E-state index contributed by atoms with van der Waals surface area (Å²) in [6.45, 7) is 2.38. The lowest BCUT2D eigenvalue weighted by Crippen LogP contribution is -2.07. The van der Waals surface area contributed by atoms with Crippen molar-refractivity contribution in [3.05, 3.63) is 45.4 Å². The number of benzene rings is 1. The summed E-state index contributed by atoms with van der Waals surface area (Å²) < 4.78 is 13.7. The number of rotatable bonds is 5. The summed E-state index contributed by atoms with van der Waals surface area (Å²) in [5, 5.41) is 16.6. The first-order chi connectivity index (χ1) is 10.0. The number of nitro groups is 1. The Labute approximate surface area is 124 Å². The predicted molar refractivity (Wildman–Crippen MR) is 77.5 cm³/mol. The zero-order chi connectivity index (χ0) is 15.4. The number of nitrogens with zero attached hydrogens (tertiary/aromatic N) is 3. The van der Waals surface area contributed by atoms with E-state index in [1.165, 1.54) is 12.1 Å². The van der Waals surface area contributed by atoms with E-state index in [1.54, 1.807) is 0 Å². The van der Waals surface area contributed by atoms with Crippen molar-refractivity contribution in [2.45, 2.75) is 6.92 Å². The third kappa shape index (κ3) is 3.54. The first kappa shape index (κ1) is 14.9. The third-order valence-electron chi connectivity index (χ3n) is 2.49. The Kier molecular flexibility index (Phi) is 4.49. The summed E-state index contributed by atoms with van der Waals surface area (Å²) in [5.41, 5.74) is -0.324. The molecular formula is C12H11ClFN5O2. The summed E-state index contributed by atoms with van der Waals surface area (Å²) in [6, 6.07) is 3.93. The van der Waals surface area contributed by atoms with Crippen LogP contribution in [0.3, 0.4) is 0 Å². The molecule has 1 aromatic carbocycles. The highest BCUT2D eigenvalue weighted by Gasteiger charge is 2.18. The van der Waals surface area contributed by atoms with Crippen molar-refractivity contribution in [1.82, 2.24) is 9.97 Å². The van der Waals surface area contributed by atoms with Gasteiger partial charge in [-0.1, -0.05) is 11.6 Å². The number of aromatic nitrogens is 2. The first-order valence-corrected chi connectivity index (χ1v) is 6.36. The molecule has 0 amide bonds. The second-order valence-electron chi connectivity index (χ2n) is 3.96. The van der Waals surface area contributed by atoms with Crippen LogP contribution in [0.2, 0.25) is 5.02 Å². The summed E-state index contributed by atoms with van der Waals surface area (Å²) >= 11 is 5.66. The van der Waals surface area contributed by atoms with Crippen LogP contribution in [0.1, 0.15) is 6.92 Å². The number of hydrogen-bond acceptors (Lipinski definition) is 6. The molecule has 0 radical (unpaired) electrons. The molecule has 2 rings (SSSR count). The Morgan fingerprint density at radius 2 is 2.24 bits per heavy atom. The van der Waals surface area contributed by atoms with Crippen molar-refractivity contribution in [2.24, 2.45) is 0 Å². The van der Waals surface area contributed by atoms with E-state index >= 15 is 0 Å². The average Bonchev–Trinajstić information content (AvgIpc) is 2.42. The van der Waals surface area contributed by atoms with E-state index < -0.39 is 10.7 Å². The number of halogens is 2. The van der Waals surface area contributed by atoms with Gasteiger partial charge >= 0.3 is 5.69 Å². The molecule has 1 aromatic heterocycles.